The normalized spacial score (nSPS) is 8.83. The van der Waals surface area contributed by atoms with Crippen LogP contribution in [0.25, 0.3) is 0 Å². The van der Waals surface area contributed by atoms with Crippen molar-refractivity contribution >= 4 is 4.21 Å². The van der Waals surface area contributed by atoms with Crippen LogP contribution < -0.4 is 4.21 Å². The topological polar surface area (TPSA) is 15.8 Å². The van der Waals surface area contributed by atoms with E-state index in [1.54, 1.807) is 0 Å². The van der Waals surface area contributed by atoms with Gasteiger partial charge in [-0.1, -0.05) is 0 Å². The van der Waals surface area contributed by atoms with Crippen LogP contribution in [-0.4, -0.2) is 4.98 Å². The molecule has 0 aromatic carbocycles. The van der Waals surface area contributed by atoms with E-state index >= 15 is 0 Å². The molecule has 1 nitrogen and oxygen atoms in total. The number of nitrogens with one attached hydrogen (secondary N) is 1. The Morgan fingerprint density at radius 1 is 1.83 bits per heavy atom. The van der Waals surface area contributed by atoms with Crippen LogP contribution in [0.5, 0.6) is 0 Å². The van der Waals surface area contributed by atoms with Gasteiger partial charge in [-0.05, 0) is 0 Å². The van der Waals surface area contributed by atoms with Gasteiger partial charge in [0.1, 0.15) is 0 Å². The zero-order valence-electron chi connectivity index (χ0n) is 5.07. The van der Waals surface area contributed by atoms with Gasteiger partial charge in [-0.15, -0.1) is 0 Å². The summed E-state index contributed by atoms with van der Waals surface area (Å²) < 4.78 is 1.22. The molecule has 0 aliphatic heterocycles. The average Bonchev–Trinajstić information content (AvgIpc) is 1.86. The van der Waals surface area contributed by atoms with Crippen LogP contribution in [0.1, 0.15) is 2.85 Å². The van der Waals surface area contributed by atoms with Crippen molar-refractivity contribution in [3.63, 3.8) is 0 Å². The first-order chi connectivity index (χ1) is 2.89. The quantitative estimate of drug-likeness (QED) is 0.695. The van der Waals surface area contributed by atoms with Gasteiger partial charge in [0.2, 0.25) is 0 Å². The van der Waals surface area contributed by atoms with Crippen LogP contribution in [0.4, 0.5) is 0 Å². The Hall–Kier alpha value is -0.0706. The van der Waals surface area contributed by atoms with Gasteiger partial charge in [0.05, 0.1) is 0 Å². The molecule has 1 aromatic rings. The van der Waals surface area contributed by atoms with Gasteiger partial charge in [-0.3, -0.25) is 0 Å². The summed E-state index contributed by atoms with van der Waals surface area (Å²) in [5.41, 5.74) is 0. The van der Waals surface area contributed by atoms with E-state index in [-0.39, 0.29) is 2.85 Å². The van der Waals surface area contributed by atoms with E-state index in [1.807, 2.05) is 37.2 Å². The third kappa shape index (κ3) is 0.702. The molecule has 0 amide bonds. The fraction of sp³-hybridized carbons (Fsp3) is 0. The summed E-state index contributed by atoms with van der Waals surface area (Å²) in [7, 11) is 0. The number of aromatic amines is 1. The molecule has 1 N–H and O–H groups in total. The van der Waals surface area contributed by atoms with E-state index in [4.69, 9.17) is 0 Å². The van der Waals surface area contributed by atoms with Crippen LogP contribution in [0.3, 0.4) is 0 Å². The third-order valence-electron chi connectivity index (χ3n) is 0.546. The van der Waals surface area contributed by atoms with Crippen LogP contribution >= 0.6 is 0 Å². The summed E-state index contributed by atoms with van der Waals surface area (Å²) in [6, 6.07) is 4.01. The van der Waals surface area contributed by atoms with Crippen LogP contribution in [0.2, 0.25) is 0 Å². The zero-order valence-corrected chi connectivity index (χ0v) is 5.46. The van der Waals surface area contributed by atoms with Crippen molar-refractivity contribution in [2.24, 2.45) is 0 Å². The van der Waals surface area contributed by atoms with Crippen molar-refractivity contribution in [2.45, 2.75) is 0 Å². The van der Waals surface area contributed by atoms with E-state index < -0.39 is 0 Å². The average molecular weight is 260 g/mol. The standard InChI is InChI=1S/C4H4N.Ir.2H/c1-2-4-5-3-1;;;/h1-3,5H;;;/q;+2;2*-1. The van der Waals surface area contributed by atoms with Crippen molar-refractivity contribution in [2.75, 3.05) is 0 Å². The molecule has 0 saturated carbocycles. The second kappa shape index (κ2) is 1.59. The molecule has 0 atom stereocenters. The summed E-state index contributed by atoms with van der Waals surface area (Å²) in [4.78, 5) is 3.00. The van der Waals surface area contributed by atoms with Gasteiger partial charge < -0.3 is 2.85 Å². The Morgan fingerprint density at radius 3 is 2.83 bits per heavy atom. The second-order valence-corrected chi connectivity index (χ2v) is 2.28. The van der Waals surface area contributed by atoms with E-state index in [2.05, 4.69) is 4.98 Å². The van der Waals surface area contributed by atoms with Crippen LogP contribution in [-0.2, 0) is 18.9 Å². The summed E-state index contributed by atoms with van der Waals surface area (Å²) in [5.74, 6) is 0. The summed E-state index contributed by atoms with van der Waals surface area (Å²) in [6.07, 6.45) is 1.91. The van der Waals surface area contributed by atoms with Crippen LogP contribution in [0.15, 0.2) is 18.3 Å². The molecule has 0 aliphatic rings. The molecule has 1 rings (SSSR count). The molecule has 36 valence electrons. The van der Waals surface area contributed by atoms with Crippen molar-refractivity contribution < 1.29 is 21.8 Å². The molecular formula is C4H6IrN. The van der Waals surface area contributed by atoms with Gasteiger partial charge in [0, 0.05) is 0 Å². The predicted molar refractivity (Wildman–Crippen MR) is 22.7 cm³/mol. The van der Waals surface area contributed by atoms with E-state index in [9.17, 15) is 0 Å². The molecule has 0 fully saturated rings. The number of hydrogen-bond acceptors (Lipinski definition) is 0. The molecule has 6 heavy (non-hydrogen) atoms. The Balaban J connectivity index is 0. The molecule has 1 heterocycles. The molecular weight excluding hydrogens is 254 g/mol. The Morgan fingerprint density at radius 2 is 2.67 bits per heavy atom. The van der Waals surface area contributed by atoms with Crippen molar-refractivity contribution in [3.8, 4) is 0 Å². The molecule has 0 aliphatic carbocycles. The van der Waals surface area contributed by atoms with E-state index in [0.29, 0.717) is 0 Å². The fourth-order valence-corrected chi connectivity index (χ4v) is 0.730. The summed E-state index contributed by atoms with van der Waals surface area (Å²) in [5, 5.41) is 0. The number of aromatic nitrogens is 1. The first-order valence-electron chi connectivity index (χ1n) is 1.66. The first-order valence-corrected chi connectivity index (χ1v) is 2.86. The summed E-state index contributed by atoms with van der Waals surface area (Å²) >= 11 is 2.03. The van der Waals surface area contributed by atoms with E-state index in [0.717, 1.165) is 0 Å². The zero-order chi connectivity index (χ0) is 4.41. The Labute approximate surface area is 49.9 Å². The maximum atomic E-state index is 3.00. The molecule has 0 radical (unpaired) electrons. The van der Waals surface area contributed by atoms with Gasteiger partial charge >= 0.3 is 46.4 Å². The molecule has 0 unspecified atom stereocenters. The molecule has 1 aromatic heterocycles. The monoisotopic (exact) mass is 261 g/mol. The SMILES string of the molecule is [H-].[H-].[Ir+2][c]1ccc[nH]1. The second-order valence-electron chi connectivity index (χ2n) is 0.994. The minimum atomic E-state index is 0. The van der Waals surface area contributed by atoms with Gasteiger partial charge in [0.15, 0.2) is 0 Å². The van der Waals surface area contributed by atoms with Crippen molar-refractivity contribution in [3.05, 3.63) is 18.3 Å². The number of H-pyrrole nitrogens is 1. The third-order valence-corrected chi connectivity index (χ3v) is 1.29. The van der Waals surface area contributed by atoms with Gasteiger partial charge in [-0.2, -0.15) is 0 Å². The van der Waals surface area contributed by atoms with Crippen LogP contribution in [0, 0.1) is 0 Å². The minimum absolute atomic E-state index is 0. The maximum absolute atomic E-state index is 3.00. The molecule has 2 heteroatoms. The molecule has 0 saturated heterocycles. The van der Waals surface area contributed by atoms with Crippen molar-refractivity contribution in [1.82, 2.24) is 4.98 Å². The van der Waals surface area contributed by atoms with E-state index in [1.165, 1.54) is 4.21 Å². The van der Waals surface area contributed by atoms with Gasteiger partial charge in [0.25, 0.3) is 0 Å². The molecule has 0 bridgehead atoms. The first kappa shape index (κ1) is 4.10. The van der Waals surface area contributed by atoms with Crippen molar-refractivity contribution in [1.29, 1.82) is 0 Å². The summed E-state index contributed by atoms with van der Waals surface area (Å²) in [6.45, 7) is 0. The fourth-order valence-electron chi connectivity index (χ4n) is 0.300. The Bertz CT molecular complexity index is 118. The number of hydrogen-bond donors (Lipinski definition) is 1. The number of rotatable bonds is 0. The Kier molecular flexibility index (Phi) is 1.08. The van der Waals surface area contributed by atoms with Gasteiger partial charge in [-0.25, -0.2) is 0 Å². The predicted octanol–water partition coefficient (Wildman–Crippen LogP) is 0.412. The molecule has 0 spiro atoms.